The summed E-state index contributed by atoms with van der Waals surface area (Å²) in [6.07, 6.45) is 3.76. The molecule has 7 nitrogen and oxygen atoms in total. The lowest BCUT2D eigenvalue weighted by Crippen LogP contribution is -2.32. The number of hydrogen-bond acceptors (Lipinski definition) is 4. The molecule has 0 aliphatic rings. The summed E-state index contributed by atoms with van der Waals surface area (Å²) in [6, 6.07) is 7.84. The SMILES string of the molecule is Cc1nc(NCCNC(=O)Nc2cc(F)cc(F)c2)cc(-n2cccc2)n1. The number of benzene rings is 1. The zero-order valence-corrected chi connectivity index (χ0v) is 14.5. The molecule has 27 heavy (non-hydrogen) atoms. The molecule has 2 amide bonds. The summed E-state index contributed by atoms with van der Waals surface area (Å²) >= 11 is 0. The van der Waals surface area contributed by atoms with Crippen LogP contribution in [0.2, 0.25) is 0 Å². The van der Waals surface area contributed by atoms with Crippen LogP contribution in [0.1, 0.15) is 5.82 Å². The Hall–Kier alpha value is -3.49. The van der Waals surface area contributed by atoms with E-state index in [0.717, 1.165) is 24.0 Å². The van der Waals surface area contributed by atoms with Gasteiger partial charge in [-0.1, -0.05) is 0 Å². The van der Waals surface area contributed by atoms with Gasteiger partial charge in [0.15, 0.2) is 0 Å². The van der Waals surface area contributed by atoms with Gasteiger partial charge in [-0.05, 0) is 31.2 Å². The number of nitrogens with one attached hydrogen (secondary N) is 3. The second-order valence-electron chi connectivity index (χ2n) is 5.71. The maximum atomic E-state index is 13.1. The average molecular weight is 372 g/mol. The third-order valence-corrected chi connectivity index (χ3v) is 3.53. The van der Waals surface area contributed by atoms with E-state index in [1.807, 2.05) is 29.1 Å². The molecular formula is C18H18F2N6O. The van der Waals surface area contributed by atoms with Gasteiger partial charge in [-0.15, -0.1) is 0 Å². The molecule has 0 atom stereocenters. The van der Waals surface area contributed by atoms with Gasteiger partial charge in [0.1, 0.15) is 29.1 Å². The summed E-state index contributed by atoms with van der Waals surface area (Å²) in [6.45, 7) is 2.49. The van der Waals surface area contributed by atoms with Crippen LogP contribution < -0.4 is 16.0 Å². The van der Waals surface area contributed by atoms with E-state index in [0.29, 0.717) is 18.2 Å². The summed E-state index contributed by atoms with van der Waals surface area (Å²) in [5.74, 6) is 0.450. The molecule has 0 unspecified atom stereocenters. The van der Waals surface area contributed by atoms with Crippen LogP contribution in [-0.2, 0) is 0 Å². The third-order valence-electron chi connectivity index (χ3n) is 3.53. The number of amides is 2. The lowest BCUT2D eigenvalue weighted by Gasteiger charge is -2.11. The lowest BCUT2D eigenvalue weighted by atomic mass is 10.3. The number of halogens is 2. The molecule has 0 fully saturated rings. The van der Waals surface area contributed by atoms with E-state index in [2.05, 4.69) is 25.9 Å². The molecule has 0 radical (unpaired) electrons. The van der Waals surface area contributed by atoms with Crippen LogP contribution in [0.5, 0.6) is 0 Å². The second kappa shape index (κ2) is 8.26. The molecule has 2 aromatic heterocycles. The van der Waals surface area contributed by atoms with Crippen LogP contribution in [0, 0.1) is 18.6 Å². The number of carbonyl (C=O) groups excluding carboxylic acids is 1. The molecular weight excluding hydrogens is 354 g/mol. The van der Waals surface area contributed by atoms with Gasteiger partial charge in [-0.2, -0.15) is 0 Å². The number of anilines is 2. The van der Waals surface area contributed by atoms with Crippen molar-refractivity contribution in [2.24, 2.45) is 0 Å². The van der Waals surface area contributed by atoms with Crippen molar-refractivity contribution < 1.29 is 13.6 Å². The molecule has 9 heteroatoms. The molecule has 2 heterocycles. The number of carbonyl (C=O) groups is 1. The van der Waals surface area contributed by atoms with Crippen molar-refractivity contribution in [3.63, 3.8) is 0 Å². The zero-order valence-electron chi connectivity index (χ0n) is 14.5. The van der Waals surface area contributed by atoms with Crippen molar-refractivity contribution in [1.29, 1.82) is 0 Å². The first-order valence-electron chi connectivity index (χ1n) is 8.23. The molecule has 0 bridgehead atoms. The van der Waals surface area contributed by atoms with Crippen molar-refractivity contribution in [3.8, 4) is 5.82 Å². The number of urea groups is 1. The van der Waals surface area contributed by atoms with E-state index in [4.69, 9.17) is 0 Å². The van der Waals surface area contributed by atoms with E-state index in [1.54, 1.807) is 13.0 Å². The monoisotopic (exact) mass is 372 g/mol. The maximum absolute atomic E-state index is 13.1. The highest BCUT2D eigenvalue weighted by Gasteiger charge is 2.06. The minimum absolute atomic E-state index is 0.0424. The summed E-state index contributed by atoms with van der Waals surface area (Å²) in [5, 5.41) is 8.06. The molecule has 0 spiro atoms. The first-order valence-corrected chi connectivity index (χ1v) is 8.23. The Morgan fingerprint density at radius 3 is 2.44 bits per heavy atom. The van der Waals surface area contributed by atoms with E-state index < -0.39 is 17.7 Å². The molecule has 3 N–H and O–H groups in total. The van der Waals surface area contributed by atoms with Crippen LogP contribution >= 0.6 is 0 Å². The van der Waals surface area contributed by atoms with Gasteiger partial charge in [-0.25, -0.2) is 23.5 Å². The van der Waals surface area contributed by atoms with E-state index >= 15 is 0 Å². The van der Waals surface area contributed by atoms with Gasteiger partial charge < -0.3 is 20.5 Å². The topological polar surface area (TPSA) is 83.9 Å². The minimum atomic E-state index is -0.760. The molecule has 0 saturated carbocycles. The van der Waals surface area contributed by atoms with Crippen LogP contribution in [0.4, 0.5) is 25.1 Å². The minimum Gasteiger partial charge on any atom is -0.368 e. The Morgan fingerprint density at radius 2 is 1.74 bits per heavy atom. The largest absolute Gasteiger partial charge is 0.368 e. The first kappa shape index (κ1) is 18.3. The molecule has 0 aliphatic carbocycles. The van der Waals surface area contributed by atoms with Crippen molar-refractivity contribution in [3.05, 3.63) is 66.3 Å². The quantitative estimate of drug-likeness (QED) is 0.581. The fourth-order valence-corrected chi connectivity index (χ4v) is 2.43. The Labute approximate surface area is 154 Å². The van der Waals surface area contributed by atoms with Crippen LogP contribution in [-0.4, -0.2) is 33.7 Å². The number of rotatable bonds is 6. The van der Waals surface area contributed by atoms with Gasteiger partial charge in [0.05, 0.1) is 0 Å². The van der Waals surface area contributed by atoms with Crippen molar-refractivity contribution in [2.75, 3.05) is 23.7 Å². The number of nitrogens with zero attached hydrogens (tertiary/aromatic N) is 3. The lowest BCUT2D eigenvalue weighted by molar-refractivity contribution is 0.252. The number of aryl methyl sites for hydroxylation is 1. The summed E-state index contributed by atoms with van der Waals surface area (Å²) < 4.78 is 28.1. The molecule has 3 rings (SSSR count). The van der Waals surface area contributed by atoms with Gasteiger partial charge in [0.2, 0.25) is 0 Å². The highest BCUT2D eigenvalue weighted by atomic mass is 19.1. The zero-order chi connectivity index (χ0) is 19.2. The summed E-state index contributed by atoms with van der Waals surface area (Å²) in [7, 11) is 0. The normalized spacial score (nSPS) is 10.5. The smallest absolute Gasteiger partial charge is 0.319 e. The van der Waals surface area contributed by atoms with Crippen molar-refractivity contribution in [1.82, 2.24) is 19.9 Å². The molecule has 140 valence electrons. The Bertz CT molecular complexity index is 909. The Kier molecular flexibility index (Phi) is 5.60. The van der Waals surface area contributed by atoms with Crippen molar-refractivity contribution >= 4 is 17.5 Å². The van der Waals surface area contributed by atoms with Crippen LogP contribution in [0.15, 0.2) is 48.8 Å². The van der Waals surface area contributed by atoms with Crippen LogP contribution in [0.3, 0.4) is 0 Å². The number of aromatic nitrogens is 3. The summed E-state index contributed by atoms with van der Waals surface area (Å²) in [4.78, 5) is 20.5. The standard InChI is InChI=1S/C18H18F2N6O/c1-12-23-16(11-17(24-12)26-6-2-3-7-26)21-4-5-22-18(27)25-15-9-13(19)8-14(20)10-15/h2-3,6-11H,4-5H2,1H3,(H,21,23,24)(H2,22,25,27). The van der Waals surface area contributed by atoms with E-state index in [1.165, 1.54) is 0 Å². The van der Waals surface area contributed by atoms with Crippen molar-refractivity contribution in [2.45, 2.75) is 6.92 Å². The fraction of sp³-hybridized carbons (Fsp3) is 0.167. The Balaban J connectivity index is 1.49. The first-order chi connectivity index (χ1) is 13.0. The van der Waals surface area contributed by atoms with Gasteiger partial charge in [-0.3, -0.25) is 0 Å². The molecule has 1 aromatic carbocycles. The molecule has 0 saturated heterocycles. The van der Waals surface area contributed by atoms with E-state index in [-0.39, 0.29) is 12.2 Å². The highest BCUT2D eigenvalue weighted by Crippen LogP contribution is 2.13. The van der Waals surface area contributed by atoms with Gasteiger partial charge in [0.25, 0.3) is 0 Å². The van der Waals surface area contributed by atoms with Gasteiger partial charge in [0, 0.05) is 43.3 Å². The molecule has 3 aromatic rings. The predicted octanol–water partition coefficient (Wildman–Crippen LogP) is 3.09. The second-order valence-corrected chi connectivity index (χ2v) is 5.71. The molecule has 0 aliphatic heterocycles. The Morgan fingerprint density at radius 1 is 1.04 bits per heavy atom. The highest BCUT2D eigenvalue weighted by molar-refractivity contribution is 5.89. The van der Waals surface area contributed by atoms with Crippen LogP contribution in [0.25, 0.3) is 5.82 Å². The third kappa shape index (κ3) is 5.24. The van der Waals surface area contributed by atoms with E-state index in [9.17, 15) is 13.6 Å². The van der Waals surface area contributed by atoms with Gasteiger partial charge >= 0.3 is 6.03 Å². The summed E-state index contributed by atoms with van der Waals surface area (Å²) in [5.41, 5.74) is 0.0424. The predicted molar refractivity (Wildman–Crippen MR) is 98.0 cm³/mol. The number of hydrogen-bond donors (Lipinski definition) is 3. The maximum Gasteiger partial charge on any atom is 0.319 e. The average Bonchev–Trinajstić information content (AvgIpc) is 3.12. The fourth-order valence-electron chi connectivity index (χ4n) is 2.43.